The molecule has 42 heavy (non-hydrogen) atoms. The number of carbonyl (C=O) groups is 2. The van der Waals surface area contributed by atoms with Gasteiger partial charge in [0.2, 0.25) is 0 Å². The van der Waals surface area contributed by atoms with Crippen LogP contribution in [0.4, 0.5) is 0 Å². The van der Waals surface area contributed by atoms with E-state index in [1.807, 2.05) is 30.3 Å². The number of hydrogen-bond acceptors (Lipinski definition) is 7. The van der Waals surface area contributed by atoms with Crippen molar-refractivity contribution >= 4 is 40.6 Å². The molecule has 4 aromatic carbocycles. The number of nitrogens with zero attached hydrogens (tertiary/aromatic N) is 1. The van der Waals surface area contributed by atoms with Gasteiger partial charge < -0.3 is 23.9 Å². The van der Waals surface area contributed by atoms with Crippen LogP contribution in [0.2, 0.25) is 5.02 Å². The van der Waals surface area contributed by atoms with Gasteiger partial charge in [0.05, 0.1) is 44.0 Å². The van der Waals surface area contributed by atoms with Crippen LogP contribution >= 0.6 is 11.6 Å². The Morgan fingerprint density at radius 3 is 2.17 bits per heavy atom. The molecule has 1 amide bonds. The van der Waals surface area contributed by atoms with Gasteiger partial charge in [-0.05, 0) is 65.7 Å². The van der Waals surface area contributed by atoms with Crippen LogP contribution < -0.4 is 24.4 Å². The van der Waals surface area contributed by atoms with Crippen molar-refractivity contribution in [1.82, 2.24) is 10.4 Å². The summed E-state index contributed by atoms with van der Waals surface area (Å²) in [5.74, 6) is 0.674. The van der Waals surface area contributed by atoms with E-state index in [2.05, 4.69) is 15.5 Å². The average Bonchev–Trinajstić information content (AvgIpc) is 3.43. The number of fused-ring (bicyclic) bond motifs is 1. The molecule has 212 valence electrons. The lowest BCUT2D eigenvalue weighted by Crippen LogP contribution is -2.19. The monoisotopic (exact) mass is 583 g/mol. The Kier molecular flexibility index (Phi) is 8.40. The summed E-state index contributed by atoms with van der Waals surface area (Å²) < 4.78 is 22.1. The largest absolute Gasteiger partial charge is 0.496 e. The topological polar surface area (TPSA) is 111 Å². The van der Waals surface area contributed by atoms with Gasteiger partial charge in [0, 0.05) is 10.6 Å². The number of nitrogens with one attached hydrogen (secondary N) is 2. The SMILES string of the molecule is COc1cc(C=NNC(=O)c2[nH]c3c(OC)ccc(OC)c3c2-c2ccccc2)ccc1OC(=O)c1ccc(Cl)cc1. The second-order valence-corrected chi connectivity index (χ2v) is 9.40. The van der Waals surface area contributed by atoms with Crippen LogP contribution in [0.5, 0.6) is 23.0 Å². The van der Waals surface area contributed by atoms with Crippen molar-refractivity contribution in [1.29, 1.82) is 0 Å². The quantitative estimate of drug-likeness (QED) is 0.0887. The minimum atomic E-state index is -0.556. The molecular formula is C32H26ClN3O6. The fraction of sp³-hybridized carbons (Fsp3) is 0.0938. The van der Waals surface area contributed by atoms with E-state index in [4.69, 9.17) is 30.5 Å². The maximum Gasteiger partial charge on any atom is 0.343 e. The van der Waals surface area contributed by atoms with E-state index >= 15 is 0 Å². The normalized spacial score (nSPS) is 11.0. The van der Waals surface area contributed by atoms with Gasteiger partial charge in [-0.15, -0.1) is 0 Å². The number of halogens is 1. The number of H-pyrrole nitrogens is 1. The van der Waals surface area contributed by atoms with Gasteiger partial charge in [-0.25, -0.2) is 10.2 Å². The highest BCUT2D eigenvalue weighted by Gasteiger charge is 2.24. The van der Waals surface area contributed by atoms with Crippen molar-refractivity contribution in [3.63, 3.8) is 0 Å². The van der Waals surface area contributed by atoms with Crippen LogP contribution in [-0.4, -0.2) is 44.4 Å². The molecule has 0 unspecified atom stereocenters. The molecule has 0 aliphatic heterocycles. The summed E-state index contributed by atoms with van der Waals surface area (Å²) in [4.78, 5) is 29.1. The first-order chi connectivity index (χ1) is 20.4. The van der Waals surface area contributed by atoms with Crippen LogP contribution in [0.25, 0.3) is 22.0 Å². The molecular weight excluding hydrogens is 558 g/mol. The molecule has 1 heterocycles. The first-order valence-electron chi connectivity index (χ1n) is 12.7. The van der Waals surface area contributed by atoms with Crippen molar-refractivity contribution in [2.45, 2.75) is 0 Å². The number of hydrazone groups is 1. The number of aromatic amines is 1. The number of rotatable bonds is 9. The Labute approximate surface area is 246 Å². The van der Waals surface area contributed by atoms with Crippen molar-refractivity contribution in [3.05, 3.63) is 107 Å². The Hall–Kier alpha value is -5.28. The zero-order valence-electron chi connectivity index (χ0n) is 22.9. The summed E-state index contributed by atoms with van der Waals surface area (Å²) in [5.41, 5.74) is 5.91. The summed E-state index contributed by atoms with van der Waals surface area (Å²) in [6.07, 6.45) is 1.46. The summed E-state index contributed by atoms with van der Waals surface area (Å²) in [5, 5.41) is 5.37. The zero-order chi connectivity index (χ0) is 29.6. The highest BCUT2D eigenvalue weighted by molar-refractivity contribution is 6.30. The van der Waals surface area contributed by atoms with Crippen LogP contribution in [0.15, 0.2) is 90.0 Å². The molecule has 0 radical (unpaired) electrons. The van der Waals surface area contributed by atoms with Gasteiger partial charge in [-0.2, -0.15) is 5.10 Å². The standard InChI is InChI=1S/C32H26ClN3O6/c1-39-24-15-16-25(40-2)29-28(24)27(20-7-5-4-6-8-20)30(35-29)31(37)36-34-18-19-9-14-23(26(17-19)41-3)42-32(38)21-10-12-22(33)13-11-21/h4-18,35H,1-3H3,(H,36,37). The van der Waals surface area contributed by atoms with Gasteiger partial charge in [-0.1, -0.05) is 41.9 Å². The van der Waals surface area contributed by atoms with Crippen molar-refractivity contribution in [2.75, 3.05) is 21.3 Å². The van der Waals surface area contributed by atoms with E-state index in [0.29, 0.717) is 49.9 Å². The minimum absolute atomic E-state index is 0.229. The van der Waals surface area contributed by atoms with Crippen molar-refractivity contribution in [3.8, 4) is 34.1 Å². The molecule has 0 fully saturated rings. The summed E-state index contributed by atoms with van der Waals surface area (Å²) in [7, 11) is 4.60. The number of ether oxygens (including phenoxy) is 4. The van der Waals surface area contributed by atoms with E-state index in [-0.39, 0.29) is 11.4 Å². The van der Waals surface area contributed by atoms with Crippen LogP contribution in [-0.2, 0) is 0 Å². The van der Waals surface area contributed by atoms with Crippen molar-refractivity contribution < 1.29 is 28.5 Å². The van der Waals surface area contributed by atoms with Gasteiger partial charge in [-0.3, -0.25) is 4.79 Å². The lowest BCUT2D eigenvalue weighted by molar-refractivity contribution is 0.0729. The molecule has 1 aromatic heterocycles. The predicted octanol–water partition coefficient (Wildman–Crippen LogP) is 6.50. The van der Waals surface area contributed by atoms with E-state index in [1.54, 1.807) is 68.8 Å². The van der Waals surface area contributed by atoms with Crippen molar-refractivity contribution in [2.24, 2.45) is 5.10 Å². The third-order valence-corrected chi connectivity index (χ3v) is 6.71. The maximum absolute atomic E-state index is 13.4. The van der Waals surface area contributed by atoms with E-state index in [0.717, 1.165) is 5.56 Å². The first kappa shape index (κ1) is 28.3. The van der Waals surface area contributed by atoms with Gasteiger partial charge in [0.1, 0.15) is 17.2 Å². The second-order valence-electron chi connectivity index (χ2n) is 8.97. The highest BCUT2D eigenvalue weighted by Crippen LogP contribution is 2.42. The number of esters is 1. The maximum atomic E-state index is 13.4. The molecule has 0 aliphatic rings. The van der Waals surface area contributed by atoms with E-state index < -0.39 is 11.9 Å². The third kappa shape index (κ3) is 5.77. The number of methoxy groups -OCH3 is 3. The lowest BCUT2D eigenvalue weighted by atomic mass is 10.0. The number of amides is 1. The fourth-order valence-corrected chi connectivity index (χ4v) is 4.59. The Bertz CT molecular complexity index is 1780. The smallest absolute Gasteiger partial charge is 0.343 e. The van der Waals surface area contributed by atoms with Gasteiger partial charge >= 0.3 is 5.97 Å². The molecule has 5 rings (SSSR count). The number of benzene rings is 4. The number of carbonyl (C=O) groups excluding carboxylic acids is 2. The third-order valence-electron chi connectivity index (χ3n) is 6.46. The Morgan fingerprint density at radius 2 is 1.48 bits per heavy atom. The molecule has 5 aromatic rings. The average molecular weight is 584 g/mol. The molecule has 0 atom stereocenters. The molecule has 2 N–H and O–H groups in total. The number of hydrogen-bond donors (Lipinski definition) is 2. The summed E-state index contributed by atoms with van der Waals surface area (Å²) in [6, 6.07) is 24.3. The first-order valence-corrected chi connectivity index (χ1v) is 13.1. The lowest BCUT2D eigenvalue weighted by Gasteiger charge is -2.10. The second kappa shape index (κ2) is 12.5. The van der Waals surface area contributed by atoms with Crippen LogP contribution in [0.3, 0.4) is 0 Å². The minimum Gasteiger partial charge on any atom is -0.496 e. The summed E-state index contributed by atoms with van der Waals surface area (Å²) >= 11 is 5.89. The van der Waals surface area contributed by atoms with Gasteiger partial charge in [0.25, 0.3) is 5.91 Å². The van der Waals surface area contributed by atoms with Gasteiger partial charge in [0.15, 0.2) is 11.5 Å². The Balaban J connectivity index is 1.40. The molecule has 10 heteroatoms. The van der Waals surface area contributed by atoms with Crippen LogP contribution in [0.1, 0.15) is 26.4 Å². The zero-order valence-corrected chi connectivity index (χ0v) is 23.7. The molecule has 0 aliphatic carbocycles. The number of aromatic nitrogens is 1. The summed E-state index contributed by atoms with van der Waals surface area (Å²) in [6.45, 7) is 0. The van der Waals surface area contributed by atoms with Crippen LogP contribution in [0, 0.1) is 0 Å². The van der Waals surface area contributed by atoms with E-state index in [1.165, 1.54) is 13.3 Å². The highest BCUT2D eigenvalue weighted by atomic mass is 35.5. The van der Waals surface area contributed by atoms with E-state index in [9.17, 15) is 9.59 Å². The molecule has 0 spiro atoms. The molecule has 9 nitrogen and oxygen atoms in total. The molecule has 0 saturated heterocycles. The fourth-order valence-electron chi connectivity index (χ4n) is 4.47. The predicted molar refractivity (Wildman–Crippen MR) is 161 cm³/mol. The molecule has 0 bridgehead atoms. The molecule has 0 saturated carbocycles. The Morgan fingerprint density at radius 1 is 0.810 bits per heavy atom.